The predicted octanol–water partition coefficient (Wildman–Crippen LogP) is 2.24. The molecule has 21 heavy (non-hydrogen) atoms. The number of rotatable bonds is 6. The lowest BCUT2D eigenvalue weighted by Gasteiger charge is -2.32. The topological polar surface area (TPSA) is 69.6 Å². The summed E-state index contributed by atoms with van der Waals surface area (Å²) in [5.41, 5.74) is 1.63. The monoisotopic (exact) mass is 290 g/mol. The Morgan fingerprint density at radius 2 is 1.95 bits per heavy atom. The van der Waals surface area contributed by atoms with E-state index in [0.717, 1.165) is 37.2 Å². The Balaban J connectivity index is 1.95. The van der Waals surface area contributed by atoms with E-state index >= 15 is 0 Å². The van der Waals surface area contributed by atoms with Crippen molar-refractivity contribution in [2.24, 2.45) is 0 Å². The van der Waals surface area contributed by atoms with Gasteiger partial charge >= 0.3 is 5.97 Å². The number of para-hydroxylation sites is 1. The van der Waals surface area contributed by atoms with E-state index in [4.69, 9.17) is 5.11 Å². The summed E-state index contributed by atoms with van der Waals surface area (Å²) in [7, 11) is 0. The van der Waals surface area contributed by atoms with Gasteiger partial charge < -0.3 is 10.4 Å². The molecule has 0 bridgehead atoms. The van der Waals surface area contributed by atoms with Crippen molar-refractivity contribution >= 4 is 17.4 Å². The molecule has 0 aliphatic carbocycles. The quantitative estimate of drug-likeness (QED) is 0.786. The fourth-order valence-electron chi connectivity index (χ4n) is 2.69. The number of piperidine rings is 1. The van der Waals surface area contributed by atoms with Gasteiger partial charge in [-0.15, -0.1) is 0 Å². The van der Waals surface area contributed by atoms with Crippen molar-refractivity contribution in [3.8, 4) is 0 Å². The first kappa shape index (κ1) is 15.5. The van der Waals surface area contributed by atoms with E-state index in [-0.39, 0.29) is 12.3 Å². The maximum Gasteiger partial charge on any atom is 0.317 e. The molecule has 1 aliphatic heterocycles. The van der Waals surface area contributed by atoms with Gasteiger partial charge in [0.05, 0.1) is 6.54 Å². The molecule has 1 heterocycles. The molecule has 0 aromatic heterocycles. The number of hydrogen-bond acceptors (Lipinski definition) is 4. The highest BCUT2D eigenvalue weighted by Gasteiger charge is 2.21. The fraction of sp³-hybridized carbons (Fsp3) is 0.500. The summed E-state index contributed by atoms with van der Waals surface area (Å²) < 4.78 is 0. The molecule has 1 saturated heterocycles. The SMILES string of the molecule is CCC(=O)c1ccccc1NC1CCN(CC(=O)O)CC1. The van der Waals surface area contributed by atoms with Crippen LogP contribution in [0.15, 0.2) is 24.3 Å². The zero-order valence-corrected chi connectivity index (χ0v) is 12.3. The van der Waals surface area contributed by atoms with E-state index in [1.54, 1.807) is 0 Å². The van der Waals surface area contributed by atoms with Gasteiger partial charge in [0.15, 0.2) is 5.78 Å². The minimum absolute atomic E-state index is 0.109. The fourth-order valence-corrected chi connectivity index (χ4v) is 2.69. The molecule has 5 nitrogen and oxygen atoms in total. The van der Waals surface area contributed by atoms with E-state index in [0.29, 0.717) is 12.5 Å². The second-order valence-corrected chi connectivity index (χ2v) is 5.41. The summed E-state index contributed by atoms with van der Waals surface area (Å²) in [5, 5.41) is 12.2. The Kier molecular flexibility index (Phi) is 5.33. The smallest absolute Gasteiger partial charge is 0.317 e. The van der Waals surface area contributed by atoms with E-state index in [1.165, 1.54) is 0 Å². The molecule has 1 aliphatic rings. The number of hydrogen-bond donors (Lipinski definition) is 2. The van der Waals surface area contributed by atoms with E-state index in [9.17, 15) is 9.59 Å². The lowest BCUT2D eigenvalue weighted by atomic mass is 10.0. The molecule has 1 fully saturated rings. The van der Waals surface area contributed by atoms with Crippen LogP contribution >= 0.6 is 0 Å². The van der Waals surface area contributed by atoms with Gasteiger partial charge in [-0.05, 0) is 25.0 Å². The van der Waals surface area contributed by atoms with Crippen molar-refractivity contribution in [3.05, 3.63) is 29.8 Å². The number of ketones is 1. The lowest BCUT2D eigenvalue weighted by Crippen LogP contribution is -2.41. The Bertz CT molecular complexity index is 508. The maximum atomic E-state index is 11.9. The zero-order valence-electron chi connectivity index (χ0n) is 12.3. The molecule has 0 amide bonds. The first-order chi connectivity index (χ1) is 10.1. The van der Waals surface area contributed by atoms with Gasteiger partial charge in [0.1, 0.15) is 0 Å². The highest BCUT2D eigenvalue weighted by molar-refractivity contribution is 6.01. The molecule has 5 heteroatoms. The molecule has 0 unspecified atom stereocenters. The van der Waals surface area contributed by atoms with E-state index in [1.807, 2.05) is 36.1 Å². The van der Waals surface area contributed by atoms with Gasteiger partial charge in [0.25, 0.3) is 0 Å². The Hall–Kier alpha value is -1.88. The van der Waals surface area contributed by atoms with Crippen molar-refractivity contribution in [1.82, 2.24) is 4.90 Å². The minimum Gasteiger partial charge on any atom is -0.480 e. The van der Waals surface area contributed by atoms with Crippen LogP contribution in [0.25, 0.3) is 0 Å². The van der Waals surface area contributed by atoms with Crippen LogP contribution in [0.1, 0.15) is 36.5 Å². The third kappa shape index (κ3) is 4.29. The van der Waals surface area contributed by atoms with Crippen molar-refractivity contribution in [3.63, 3.8) is 0 Å². The highest BCUT2D eigenvalue weighted by Crippen LogP contribution is 2.21. The third-order valence-corrected chi connectivity index (χ3v) is 3.85. The zero-order chi connectivity index (χ0) is 15.2. The Labute approximate surface area is 125 Å². The number of anilines is 1. The third-order valence-electron chi connectivity index (χ3n) is 3.85. The average molecular weight is 290 g/mol. The molecule has 2 N–H and O–H groups in total. The van der Waals surface area contributed by atoms with Gasteiger partial charge in [-0.1, -0.05) is 19.1 Å². The van der Waals surface area contributed by atoms with Crippen LogP contribution < -0.4 is 5.32 Å². The molecule has 0 radical (unpaired) electrons. The van der Waals surface area contributed by atoms with Crippen LogP contribution in [0.3, 0.4) is 0 Å². The lowest BCUT2D eigenvalue weighted by molar-refractivity contribution is -0.138. The summed E-state index contributed by atoms with van der Waals surface area (Å²) in [6.45, 7) is 3.52. The maximum absolute atomic E-state index is 11.9. The molecular weight excluding hydrogens is 268 g/mol. The summed E-state index contributed by atoms with van der Waals surface area (Å²) >= 11 is 0. The van der Waals surface area contributed by atoms with Gasteiger partial charge in [-0.3, -0.25) is 14.5 Å². The van der Waals surface area contributed by atoms with Gasteiger partial charge in [0.2, 0.25) is 0 Å². The average Bonchev–Trinajstić information content (AvgIpc) is 2.48. The number of carboxylic acids is 1. The Morgan fingerprint density at radius 1 is 1.29 bits per heavy atom. The molecule has 0 spiro atoms. The molecule has 1 aromatic rings. The molecule has 0 saturated carbocycles. The number of Topliss-reactive ketones (excluding diaryl/α,β-unsaturated/α-hetero) is 1. The largest absolute Gasteiger partial charge is 0.480 e. The Morgan fingerprint density at radius 3 is 2.57 bits per heavy atom. The van der Waals surface area contributed by atoms with Crippen LogP contribution in [0.5, 0.6) is 0 Å². The second-order valence-electron chi connectivity index (χ2n) is 5.41. The molecule has 2 rings (SSSR count). The number of carboxylic acid groups (broad SMARTS) is 1. The molecule has 1 aromatic carbocycles. The summed E-state index contributed by atoms with van der Waals surface area (Å²) in [6.07, 6.45) is 2.28. The van der Waals surface area contributed by atoms with Gasteiger partial charge in [-0.25, -0.2) is 0 Å². The van der Waals surface area contributed by atoms with Crippen LogP contribution in [0.4, 0.5) is 5.69 Å². The van der Waals surface area contributed by atoms with Crippen molar-refractivity contribution < 1.29 is 14.7 Å². The van der Waals surface area contributed by atoms with Gasteiger partial charge in [0, 0.05) is 36.8 Å². The summed E-state index contributed by atoms with van der Waals surface area (Å²) in [4.78, 5) is 24.6. The molecular formula is C16H22N2O3. The molecule has 0 atom stereocenters. The first-order valence-electron chi connectivity index (χ1n) is 7.43. The number of likely N-dealkylation sites (tertiary alicyclic amines) is 1. The number of benzene rings is 1. The summed E-state index contributed by atoms with van der Waals surface area (Å²) in [5.74, 6) is -0.637. The van der Waals surface area contributed by atoms with Crippen LogP contribution in [0, 0.1) is 0 Å². The predicted molar refractivity (Wildman–Crippen MR) is 81.8 cm³/mol. The van der Waals surface area contributed by atoms with E-state index < -0.39 is 5.97 Å². The van der Waals surface area contributed by atoms with Crippen molar-refractivity contribution in [2.45, 2.75) is 32.2 Å². The normalized spacial score (nSPS) is 16.6. The number of nitrogens with one attached hydrogen (secondary N) is 1. The minimum atomic E-state index is -0.778. The number of carbonyl (C=O) groups excluding carboxylic acids is 1. The summed E-state index contributed by atoms with van der Waals surface area (Å²) in [6, 6.07) is 7.89. The van der Waals surface area contributed by atoms with E-state index in [2.05, 4.69) is 5.32 Å². The highest BCUT2D eigenvalue weighted by atomic mass is 16.4. The van der Waals surface area contributed by atoms with Crippen molar-refractivity contribution in [2.75, 3.05) is 25.0 Å². The van der Waals surface area contributed by atoms with Gasteiger partial charge in [-0.2, -0.15) is 0 Å². The number of aliphatic carboxylic acids is 1. The van der Waals surface area contributed by atoms with Crippen LogP contribution in [-0.2, 0) is 4.79 Å². The first-order valence-corrected chi connectivity index (χ1v) is 7.43. The number of nitrogens with zero attached hydrogens (tertiary/aromatic N) is 1. The number of carbonyl (C=O) groups is 2. The molecule has 114 valence electrons. The van der Waals surface area contributed by atoms with Crippen LogP contribution in [-0.4, -0.2) is 47.4 Å². The standard InChI is InChI=1S/C16H22N2O3/c1-2-15(19)13-5-3-4-6-14(13)17-12-7-9-18(10-8-12)11-16(20)21/h3-6,12,17H,2,7-11H2,1H3,(H,20,21). The van der Waals surface area contributed by atoms with Crippen molar-refractivity contribution in [1.29, 1.82) is 0 Å². The van der Waals surface area contributed by atoms with Crippen LogP contribution in [0.2, 0.25) is 0 Å². The second kappa shape index (κ2) is 7.22.